The standard InChI is InChI=1S/C23H46O5/c1-2-3-4-5-6-7-8-9-10-11-12-13-14-15-16-17-18-23(27)22(26)21(25)20(19-24)28-23/h20-22,24-27H,2-19H2,1H3/t20-,21-,22-,23?/m1/s1. The van der Waals surface area contributed by atoms with Gasteiger partial charge in [0.2, 0.25) is 0 Å². The molecule has 0 aromatic rings. The van der Waals surface area contributed by atoms with Crippen LogP contribution < -0.4 is 0 Å². The van der Waals surface area contributed by atoms with Crippen LogP contribution in [0.2, 0.25) is 0 Å². The van der Waals surface area contributed by atoms with E-state index < -0.39 is 30.7 Å². The molecule has 0 aromatic heterocycles. The van der Waals surface area contributed by atoms with Crippen LogP contribution in [0.4, 0.5) is 0 Å². The van der Waals surface area contributed by atoms with E-state index in [1.54, 1.807) is 0 Å². The molecular weight excluding hydrogens is 356 g/mol. The van der Waals surface area contributed by atoms with E-state index in [1.807, 2.05) is 0 Å². The van der Waals surface area contributed by atoms with E-state index >= 15 is 0 Å². The number of unbranched alkanes of at least 4 members (excludes halogenated alkanes) is 15. The second kappa shape index (κ2) is 15.6. The van der Waals surface area contributed by atoms with Crippen LogP contribution in [0.25, 0.3) is 0 Å². The van der Waals surface area contributed by atoms with Crippen LogP contribution in [0, 0.1) is 0 Å². The Labute approximate surface area is 172 Å². The van der Waals surface area contributed by atoms with Gasteiger partial charge in [-0.05, 0) is 6.42 Å². The van der Waals surface area contributed by atoms with Crippen molar-refractivity contribution in [2.24, 2.45) is 0 Å². The van der Waals surface area contributed by atoms with Gasteiger partial charge in [0.15, 0.2) is 5.79 Å². The third-order valence-corrected chi connectivity index (χ3v) is 6.09. The fourth-order valence-electron chi connectivity index (χ4n) is 4.15. The normalized spacial score (nSPS) is 27.5. The zero-order valence-corrected chi connectivity index (χ0v) is 18.2. The fraction of sp³-hybridized carbons (Fsp3) is 1.00. The zero-order valence-electron chi connectivity index (χ0n) is 18.2. The maximum absolute atomic E-state index is 10.3. The molecule has 4 N–H and O–H groups in total. The molecule has 0 amide bonds. The molecule has 0 radical (unpaired) electrons. The maximum atomic E-state index is 10.3. The van der Waals surface area contributed by atoms with E-state index in [4.69, 9.17) is 9.84 Å². The first-order valence-electron chi connectivity index (χ1n) is 11.9. The Morgan fingerprint density at radius 3 is 1.43 bits per heavy atom. The van der Waals surface area contributed by atoms with Crippen LogP contribution in [-0.2, 0) is 4.74 Å². The lowest BCUT2D eigenvalue weighted by Crippen LogP contribution is -2.43. The van der Waals surface area contributed by atoms with Crippen molar-refractivity contribution >= 4 is 0 Å². The lowest BCUT2D eigenvalue weighted by atomic mass is 9.98. The van der Waals surface area contributed by atoms with E-state index in [0.29, 0.717) is 6.42 Å². The lowest BCUT2D eigenvalue weighted by Gasteiger charge is -2.25. The van der Waals surface area contributed by atoms with E-state index in [9.17, 15) is 15.3 Å². The van der Waals surface area contributed by atoms with Gasteiger partial charge in [0.25, 0.3) is 0 Å². The van der Waals surface area contributed by atoms with E-state index in [0.717, 1.165) is 19.3 Å². The van der Waals surface area contributed by atoms with Crippen molar-refractivity contribution in [1.29, 1.82) is 0 Å². The summed E-state index contributed by atoms with van der Waals surface area (Å²) >= 11 is 0. The first-order chi connectivity index (χ1) is 13.5. The van der Waals surface area contributed by atoms with Crippen LogP contribution in [0.3, 0.4) is 0 Å². The minimum Gasteiger partial charge on any atom is -0.394 e. The Morgan fingerprint density at radius 2 is 1.07 bits per heavy atom. The predicted octanol–water partition coefficient (Wildman–Crippen LogP) is 4.44. The highest BCUT2D eigenvalue weighted by atomic mass is 16.7. The molecule has 1 rings (SSSR count). The summed E-state index contributed by atoms with van der Waals surface area (Å²) in [5, 5.41) is 39.0. The molecule has 1 aliphatic rings. The van der Waals surface area contributed by atoms with Gasteiger partial charge >= 0.3 is 0 Å². The molecule has 0 bridgehead atoms. The van der Waals surface area contributed by atoms with Gasteiger partial charge in [-0.3, -0.25) is 0 Å². The summed E-state index contributed by atoms with van der Waals surface area (Å²) in [6.07, 6.45) is 17.3. The van der Waals surface area contributed by atoms with E-state index in [2.05, 4.69) is 6.92 Å². The molecule has 5 heteroatoms. The van der Waals surface area contributed by atoms with Crippen LogP contribution in [0.5, 0.6) is 0 Å². The summed E-state index contributed by atoms with van der Waals surface area (Å²) in [6.45, 7) is 1.86. The molecule has 1 aliphatic heterocycles. The molecule has 4 atom stereocenters. The summed E-state index contributed by atoms with van der Waals surface area (Å²) in [5.74, 6) is -1.72. The third kappa shape index (κ3) is 10.0. The Hall–Kier alpha value is -0.200. The molecule has 5 nitrogen and oxygen atoms in total. The summed E-state index contributed by atoms with van der Waals surface area (Å²) in [7, 11) is 0. The number of hydrogen-bond acceptors (Lipinski definition) is 5. The minimum absolute atomic E-state index is 0.292. The highest BCUT2D eigenvalue weighted by Gasteiger charge is 2.52. The maximum Gasteiger partial charge on any atom is 0.195 e. The smallest absolute Gasteiger partial charge is 0.195 e. The second-order valence-electron chi connectivity index (χ2n) is 8.67. The summed E-state index contributed by atoms with van der Waals surface area (Å²) < 4.78 is 5.25. The van der Waals surface area contributed by atoms with Crippen molar-refractivity contribution in [2.75, 3.05) is 6.61 Å². The molecule has 0 aliphatic carbocycles. The Kier molecular flexibility index (Phi) is 14.4. The average molecular weight is 403 g/mol. The van der Waals surface area contributed by atoms with Gasteiger partial charge in [-0.25, -0.2) is 0 Å². The van der Waals surface area contributed by atoms with Gasteiger partial charge < -0.3 is 25.2 Å². The van der Waals surface area contributed by atoms with Gasteiger partial charge in [0.1, 0.15) is 18.3 Å². The van der Waals surface area contributed by atoms with Crippen LogP contribution in [0.15, 0.2) is 0 Å². The predicted molar refractivity (Wildman–Crippen MR) is 113 cm³/mol. The van der Waals surface area contributed by atoms with Gasteiger partial charge in [0, 0.05) is 6.42 Å². The molecule has 1 unspecified atom stereocenters. The monoisotopic (exact) mass is 402 g/mol. The van der Waals surface area contributed by atoms with Crippen molar-refractivity contribution < 1.29 is 25.2 Å². The van der Waals surface area contributed by atoms with Gasteiger partial charge in [-0.15, -0.1) is 0 Å². The minimum atomic E-state index is -1.72. The van der Waals surface area contributed by atoms with Gasteiger partial charge in [-0.1, -0.05) is 103 Å². The van der Waals surface area contributed by atoms with Crippen molar-refractivity contribution in [1.82, 2.24) is 0 Å². The number of aliphatic hydroxyl groups excluding tert-OH is 3. The zero-order chi connectivity index (χ0) is 20.7. The molecule has 28 heavy (non-hydrogen) atoms. The van der Waals surface area contributed by atoms with Gasteiger partial charge in [-0.2, -0.15) is 0 Å². The van der Waals surface area contributed by atoms with Crippen molar-refractivity contribution in [3.05, 3.63) is 0 Å². The summed E-state index contributed by atoms with van der Waals surface area (Å²) in [5.41, 5.74) is 0. The summed E-state index contributed by atoms with van der Waals surface area (Å²) in [4.78, 5) is 0. The number of rotatable bonds is 18. The molecule has 0 saturated carbocycles. The first-order valence-corrected chi connectivity index (χ1v) is 11.9. The van der Waals surface area contributed by atoms with Crippen LogP contribution >= 0.6 is 0 Å². The van der Waals surface area contributed by atoms with Crippen molar-refractivity contribution in [3.63, 3.8) is 0 Å². The number of aliphatic hydroxyl groups is 4. The van der Waals surface area contributed by atoms with Crippen LogP contribution in [0.1, 0.15) is 116 Å². The Balaban J connectivity index is 1.86. The number of ether oxygens (including phenoxy) is 1. The average Bonchev–Trinajstić information content (AvgIpc) is 2.91. The van der Waals surface area contributed by atoms with E-state index in [1.165, 1.54) is 83.5 Å². The first kappa shape index (κ1) is 25.8. The molecular formula is C23H46O5. The quantitative estimate of drug-likeness (QED) is 0.255. The Bertz CT molecular complexity index is 365. The molecule has 1 heterocycles. The van der Waals surface area contributed by atoms with Crippen molar-refractivity contribution in [3.8, 4) is 0 Å². The second-order valence-corrected chi connectivity index (χ2v) is 8.67. The molecule has 168 valence electrons. The molecule has 1 saturated heterocycles. The highest BCUT2D eigenvalue weighted by molar-refractivity contribution is 4.95. The SMILES string of the molecule is CCCCCCCCCCCCCCCCCCC1(O)O[C@H](CO)[C@@H](O)[C@H]1O. The Morgan fingerprint density at radius 1 is 0.679 bits per heavy atom. The molecule has 0 spiro atoms. The largest absolute Gasteiger partial charge is 0.394 e. The summed E-state index contributed by atoms with van der Waals surface area (Å²) in [6, 6.07) is 0. The fourth-order valence-corrected chi connectivity index (χ4v) is 4.15. The van der Waals surface area contributed by atoms with Crippen molar-refractivity contribution in [2.45, 2.75) is 140 Å². The lowest BCUT2D eigenvalue weighted by molar-refractivity contribution is -0.234. The topological polar surface area (TPSA) is 90.2 Å². The third-order valence-electron chi connectivity index (χ3n) is 6.09. The van der Waals surface area contributed by atoms with E-state index in [-0.39, 0.29) is 0 Å². The molecule has 1 fully saturated rings. The highest BCUT2D eigenvalue weighted by Crippen LogP contribution is 2.33. The van der Waals surface area contributed by atoms with Crippen LogP contribution in [-0.4, -0.2) is 51.1 Å². The number of hydrogen-bond donors (Lipinski definition) is 4. The van der Waals surface area contributed by atoms with Gasteiger partial charge in [0.05, 0.1) is 6.61 Å². The molecule has 0 aromatic carbocycles.